The van der Waals surface area contributed by atoms with E-state index in [1.54, 1.807) is 11.3 Å². The molecule has 0 aliphatic heterocycles. The van der Waals surface area contributed by atoms with Crippen LogP contribution in [0, 0.1) is 0 Å². The van der Waals surface area contributed by atoms with E-state index in [4.69, 9.17) is 0 Å². The molecule has 0 radical (unpaired) electrons. The molecule has 0 spiro atoms. The molecule has 0 aliphatic rings. The first-order valence-electron chi connectivity index (χ1n) is 5.62. The lowest BCUT2D eigenvalue weighted by Crippen LogP contribution is -1.83. The molecule has 0 atom stereocenters. The fourth-order valence-corrected chi connectivity index (χ4v) is 2.20. The molecule has 0 fully saturated rings. The van der Waals surface area contributed by atoms with Crippen molar-refractivity contribution >= 4 is 17.6 Å². The average Bonchev–Trinajstić information content (AvgIpc) is 2.94. The molecule has 0 aliphatic carbocycles. The summed E-state index contributed by atoms with van der Waals surface area (Å²) >= 11 is 1.76. The zero-order valence-corrected chi connectivity index (χ0v) is 10.3. The second-order valence-electron chi connectivity index (χ2n) is 3.71. The molecule has 2 heterocycles. The van der Waals surface area contributed by atoms with Crippen molar-refractivity contribution < 1.29 is 0 Å². The van der Waals surface area contributed by atoms with Crippen molar-refractivity contribution in [3.8, 4) is 10.4 Å². The molecule has 2 rings (SSSR count). The number of unbranched alkanes of at least 4 members (excludes halogenated alkanes) is 1. The van der Waals surface area contributed by atoms with E-state index in [2.05, 4.69) is 40.5 Å². The van der Waals surface area contributed by atoms with Crippen LogP contribution in [-0.2, 0) is 0 Å². The molecule has 0 amide bonds. The van der Waals surface area contributed by atoms with Gasteiger partial charge in [0.2, 0.25) is 0 Å². The fraction of sp³-hybridized carbons (Fsp3) is 0.308. The number of hydrogen-bond donors (Lipinski definition) is 1. The minimum Gasteiger partial charge on any atom is -0.360 e. The monoisotopic (exact) mass is 232 g/mol. The second-order valence-corrected chi connectivity index (χ2v) is 4.66. The van der Waals surface area contributed by atoms with Gasteiger partial charge in [0.15, 0.2) is 0 Å². The van der Waals surface area contributed by atoms with Crippen LogP contribution >= 0.6 is 11.3 Å². The van der Waals surface area contributed by atoms with Crippen LogP contribution in [0.1, 0.15) is 25.5 Å². The Morgan fingerprint density at radius 2 is 2.44 bits per heavy atom. The maximum atomic E-state index is 4.37. The van der Waals surface area contributed by atoms with Gasteiger partial charge in [-0.3, -0.25) is 4.99 Å². The van der Waals surface area contributed by atoms with Gasteiger partial charge in [-0.25, -0.2) is 0 Å². The van der Waals surface area contributed by atoms with E-state index in [0.717, 1.165) is 18.7 Å². The summed E-state index contributed by atoms with van der Waals surface area (Å²) in [5.41, 5.74) is 2.33. The summed E-state index contributed by atoms with van der Waals surface area (Å²) in [7, 11) is 0. The Kier molecular flexibility index (Phi) is 3.94. The fourth-order valence-electron chi connectivity index (χ4n) is 1.48. The zero-order chi connectivity index (χ0) is 11.2. The lowest BCUT2D eigenvalue weighted by molar-refractivity contribution is 0.810. The number of aromatic amines is 1. The van der Waals surface area contributed by atoms with Gasteiger partial charge in [-0.05, 0) is 23.9 Å². The molecule has 16 heavy (non-hydrogen) atoms. The summed E-state index contributed by atoms with van der Waals surface area (Å²) in [6, 6.07) is 6.34. The molecule has 2 aromatic heterocycles. The molecule has 2 nitrogen and oxygen atoms in total. The zero-order valence-electron chi connectivity index (χ0n) is 9.44. The normalized spacial score (nSPS) is 11.3. The number of nitrogens with zero attached hydrogens (tertiary/aromatic N) is 1. The maximum Gasteiger partial charge on any atom is 0.0568 e. The number of H-pyrrole nitrogens is 1. The Hall–Kier alpha value is -1.35. The number of aliphatic imine (C=N–C) groups is 1. The van der Waals surface area contributed by atoms with E-state index in [-0.39, 0.29) is 0 Å². The van der Waals surface area contributed by atoms with Gasteiger partial charge < -0.3 is 4.98 Å². The summed E-state index contributed by atoms with van der Waals surface area (Å²) in [6.45, 7) is 3.10. The van der Waals surface area contributed by atoms with Crippen LogP contribution in [0.2, 0.25) is 0 Å². The van der Waals surface area contributed by atoms with Gasteiger partial charge in [0.1, 0.15) is 0 Å². The standard InChI is InChI=1S/C13H16N2S/c1-2-3-6-14-10-12-8-11(9-15-12)13-5-4-7-16-13/h4-5,7-10,15H,2-3,6H2,1H3. The smallest absolute Gasteiger partial charge is 0.0568 e. The van der Waals surface area contributed by atoms with Crippen molar-refractivity contribution in [1.82, 2.24) is 4.98 Å². The van der Waals surface area contributed by atoms with Gasteiger partial charge in [0.25, 0.3) is 0 Å². The summed E-state index contributed by atoms with van der Waals surface area (Å²) in [5.74, 6) is 0. The van der Waals surface area contributed by atoms with Crippen LogP contribution in [-0.4, -0.2) is 17.7 Å². The molecule has 0 unspecified atom stereocenters. The third-order valence-electron chi connectivity index (χ3n) is 2.38. The highest BCUT2D eigenvalue weighted by Crippen LogP contribution is 2.24. The van der Waals surface area contributed by atoms with Gasteiger partial charge in [0, 0.05) is 29.4 Å². The number of thiophene rings is 1. The lowest BCUT2D eigenvalue weighted by atomic mass is 10.2. The number of aromatic nitrogens is 1. The highest BCUT2D eigenvalue weighted by molar-refractivity contribution is 7.13. The third kappa shape index (κ3) is 2.83. The van der Waals surface area contributed by atoms with Crippen LogP contribution in [0.25, 0.3) is 10.4 Å². The largest absolute Gasteiger partial charge is 0.360 e. The van der Waals surface area contributed by atoms with E-state index in [0.29, 0.717) is 0 Å². The van der Waals surface area contributed by atoms with Gasteiger partial charge in [-0.15, -0.1) is 11.3 Å². The lowest BCUT2D eigenvalue weighted by Gasteiger charge is -1.89. The quantitative estimate of drug-likeness (QED) is 0.597. The van der Waals surface area contributed by atoms with Crippen LogP contribution in [0.4, 0.5) is 0 Å². The predicted molar refractivity (Wildman–Crippen MR) is 71.5 cm³/mol. The number of hydrogen-bond acceptors (Lipinski definition) is 2. The van der Waals surface area contributed by atoms with Gasteiger partial charge in [-0.1, -0.05) is 19.4 Å². The molecule has 0 saturated heterocycles. The Balaban J connectivity index is 2.00. The van der Waals surface area contributed by atoms with E-state index in [9.17, 15) is 0 Å². The molecular weight excluding hydrogens is 216 g/mol. The van der Waals surface area contributed by atoms with E-state index in [1.807, 2.05) is 12.4 Å². The molecular formula is C13H16N2S. The molecule has 3 heteroatoms. The van der Waals surface area contributed by atoms with Gasteiger partial charge in [0.05, 0.1) is 5.69 Å². The van der Waals surface area contributed by atoms with Gasteiger partial charge in [-0.2, -0.15) is 0 Å². The van der Waals surface area contributed by atoms with E-state index in [1.165, 1.54) is 16.9 Å². The predicted octanol–water partition coefficient (Wildman–Crippen LogP) is 3.96. The molecule has 2 aromatic rings. The van der Waals surface area contributed by atoms with Crippen molar-refractivity contribution in [3.63, 3.8) is 0 Å². The summed E-state index contributed by atoms with van der Waals surface area (Å²) in [4.78, 5) is 8.90. The molecule has 84 valence electrons. The first kappa shape index (κ1) is 11.1. The Bertz CT molecular complexity index is 440. The number of nitrogens with one attached hydrogen (secondary N) is 1. The van der Waals surface area contributed by atoms with Crippen molar-refractivity contribution in [2.45, 2.75) is 19.8 Å². The van der Waals surface area contributed by atoms with Crippen molar-refractivity contribution in [2.75, 3.05) is 6.54 Å². The highest BCUT2D eigenvalue weighted by Gasteiger charge is 2.00. The Morgan fingerprint density at radius 1 is 1.50 bits per heavy atom. The van der Waals surface area contributed by atoms with Crippen molar-refractivity contribution in [1.29, 1.82) is 0 Å². The third-order valence-corrected chi connectivity index (χ3v) is 3.30. The van der Waals surface area contributed by atoms with Crippen LogP contribution < -0.4 is 0 Å². The first-order valence-corrected chi connectivity index (χ1v) is 6.50. The van der Waals surface area contributed by atoms with E-state index >= 15 is 0 Å². The summed E-state index contributed by atoms with van der Waals surface area (Å²) in [5, 5.41) is 2.09. The SMILES string of the molecule is CCCCN=Cc1cc(-c2cccs2)c[nH]1. The molecule has 0 saturated carbocycles. The molecule has 0 aromatic carbocycles. The van der Waals surface area contributed by atoms with Crippen LogP contribution in [0.3, 0.4) is 0 Å². The average molecular weight is 232 g/mol. The number of rotatable bonds is 5. The maximum absolute atomic E-state index is 4.37. The van der Waals surface area contributed by atoms with Crippen LogP contribution in [0.5, 0.6) is 0 Å². The van der Waals surface area contributed by atoms with Crippen molar-refractivity contribution in [3.05, 3.63) is 35.5 Å². The Morgan fingerprint density at radius 3 is 3.19 bits per heavy atom. The molecule has 1 N–H and O–H groups in total. The summed E-state index contributed by atoms with van der Waals surface area (Å²) in [6.07, 6.45) is 6.32. The van der Waals surface area contributed by atoms with Gasteiger partial charge >= 0.3 is 0 Å². The minimum absolute atomic E-state index is 0.920. The minimum atomic E-state index is 0.920. The first-order chi connectivity index (χ1) is 7.90. The second kappa shape index (κ2) is 5.66. The molecule has 0 bridgehead atoms. The van der Waals surface area contributed by atoms with Crippen molar-refractivity contribution in [2.24, 2.45) is 4.99 Å². The summed E-state index contributed by atoms with van der Waals surface area (Å²) < 4.78 is 0. The van der Waals surface area contributed by atoms with E-state index < -0.39 is 0 Å². The van der Waals surface area contributed by atoms with Crippen LogP contribution in [0.15, 0.2) is 34.8 Å². The topological polar surface area (TPSA) is 28.1 Å². The Labute approximate surface area is 100 Å². The highest BCUT2D eigenvalue weighted by atomic mass is 32.1.